The molecular formula is C9H16Si. The Balaban J connectivity index is 2.79. The van der Waals surface area contributed by atoms with Crippen molar-refractivity contribution in [2.24, 2.45) is 0 Å². The van der Waals surface area contributed by atoms with Gasteiger partial charge in [0.2, 0.25) is 0 Å². The Morgan fingerprint density at radius 3 is 2.40 bits per heavy atom. The largest absolute Gasteiger partial charge is 0.0932 e. The van der Waals surface area contributed by atoms with E-state index in [0.717, 1.165) is 0 Å². The summed E-state index contributed by atoms with van der Waals surface area (Å²) in [6.45, 7) is 6.95. The van der Waals surface area contributed by atoms with Crippen LogP contribution < -0.4 is 0 Å². The summed E-state index contributed by atoms with van der Waals surface area (Å²) < 4.78 is 0. The van der Waals surface area contributed by atoms with Crippen LogP contribution in [0.5, 0.6) is 0 Å². The van der Waals surface area contributed by atoms with Crippen LogP contribution in [-0.4, -0.2) is 8.80 Å². The third-order valence-corrected chi connectivity index (χ3v) is 4.96. The van der Waals surface area contributed by atoms with Gasteiger partial charge in [-0.05, 0) is 12.8 Å². The molecule has 0 N–H and O–H groups in total. The number of rotatable bonds is 2. The van der Waals surface area contributed by atoms with E-state index in [1.54, 1.807) is 10.8 Å². The van der Waals surface area contributed by atoms with Gasteiger partial charge in [-0.1, -0.05) is 42.9 Å². The van der Waals surface area contributed by atoms with E-state index in [0.29, 0.717) is 0 Å². The number of hydrogen-bond acceptors (Lipinski definition) is 0. The van der Waals surface area contributed by atoms with Crippen LogP contribution in [0.2, 0.25) is 6.55 Å². The summed E-state index contributed by atoms with van der Waals surface area (Å²) in [7, 11) is -0.541. The molecule has 0 aliphatic carbocycles. The fraction of sp³-hybridized carbons (Fsp3) is 0.556. The van der Waals surface area contributed by atoms with Gasteiger partial charge in [0.1, 0.15) is 0 Å². The van der Waals surface area contributed by atoms with Crippen LogP contribution in [0.4, 0.5) is 0 Å². The molecule has 0 aromatic carbocycles. The van der Waals surface area contributed by atoms with Crippen molar-refractivity contribution in [2.45, 2.75) is 33.2 Å². The van der Waals surface area contributed by atoms with Crippen LogP contribution in [0.1, 0.15) is 26.7 Å². The molecule has 1 rings (SSSR count). The smallest absolute Gasteiger partial charge is 0.0862 e. The normalized spacial score (nSPS) is 24.5. The molecule has 0 saturated heterocycles. The molecule has 0 aromatic heterocycles. The molecule has 1 heterocycles. The minimum absolute atomic E-state index is 0.541. The predicted octanol–water partition coefficient (Wildman–Crippen LogP) is 2.61. The Labute approximate surface area is 65.3 Å². The first-order valence-electron chi connectivity index (χ1n) is 4.19. The third kappa shape index (κ3) is 1.24. The van der Waals surface area contributed by atoms with E-state index < -0.39 is 8.80 Å². The first-order chi connectivity index (χ1) is 4.79. The van der Waals surface area contributed by atoms with Gasteiger partial charge in [0.15, 0.2) is 0 Å². The minimum atomic E-state index is -0.541. The van der Waals surface area contributed by atoms with Gasteiger partial charge >= 0.3 is 0 Å². The van der Waals surface area contributed by atoms with Crippen LogP contribution >= 0.6 is 0 Å². The Bertz CT molecular complexity index is 177. The summed E-state index contributed by atoms with van der Waals surface area (Å²) in [5, 5.41) is 1.78. The number of allylic oxidation sites excluding steroid dienone is 3. The topological polar surface area (TPSA) is 0 Å². The molecule has 0 nitrogen and oxygen atoms in total. The van der Waals surface area contributed by atoms with Gasteiger partial charge in [-0.3, -0.25) is 0 Å². The maximum absolute atomic E-state index is 2.44. The number of hydrogen-bond donors (Lipinski definition) is 0. The zero-order valence-corrected chi connectivity index (χ0v) is 8.30. The minimum Gasteiger partial charge on any atom is -0.0932 e. The molecule has 0 radical (unpaired) electrons. The van der Waals surface area contributed by atoms with Crippen molar-refractivity contribution in [3.63, 3.8) is 0 Å². The fourth-order valence-electron chi connectivity index (χ4n) is 1.67. The molecule has 1 aliphatic heterocycles. The van der Waals surface area contributed by atoms with Crippen molar-refractivity contribution in [1.82, 2.24) is 0 Å². The lowest BCUT2D eigenvalue weighted by atomic mass is 10.2. The Hall–Kier alpha value is -0.303. The molecule has 0 bridgehead atoms. The molecule has 1 heteroatoms. The van der Waals surface area contributed by atoms with Crippen molar-refractivity contribution in [2.75, 3.05) is 0 Å². The van der Waals surface area contributed by atoms with Crippen molar-refractivity contribution in [3.05, 3.63) is 22.5 Å². The van der Waals surface area contributed by atoms with Gasteiger partial charge in [-0.2, -0.15) is 0 Å². The monoisotopic (exact) mass is 152 g/mol. The van der Waals surface area contributed by atoms with Gasteiger partial charge < -0.3 is 0 Å². The highest BCUT2D eigenvalue weighted by Gasteiger charge is 2.13. The van der Waals surface area contributed by atoms with Crippen molar-refractivity contribution in [3.8, 4) is 0 Å². The summed E-state index contributed by atoms with van der Waals surface area (Å²) in [4.78, 5) is 0. The fourth-order valence-corrected chi connectivity index (χ4v) is 3.95. The third-order valence-electron chi connectivity index (χ3n) is 2.31. The maximum Gasteiger partial charge on any atom is 0.0862 e. The lowest BCUT2D eigenvalue weighted by Gasteiger charge is -2.05. The average Bonchev–Trinajstić information content (AvgIpc) is 2.30. The van der Waals surface area contributed by atoms with E-state index >= 15 is 0 Å². The zero-order valence-electron chi connectivity index (χ0n) is 7.15. The van der Waals surface area contributed by atoms with Gasteiger partial charge in [0, 0.05) is 0 Å². The summed E-state index contributed by atoms with van der Waals surface area (Å²) in [5.41, 5.74) is 4.07. The van der Waals surface area contributed by atoms with E-state index in [1.165, 1.54) is 12.8 Å². The lowest BCUT2D eigenvalue weighted by Crippen LogP contribution is -2.04. The van der Waals surface area contributed by atoms with E-state index in [2.05, 4.69) is 32.2 Å². The first kappa shape index (κ1) is 7.80. The first-order valence-corrected chi connectivity index (χ1v) is 6.59. The highest BCUT2D eigenvalue weighted by atomic mass is 28.3. The summed E-state index contributed by atoms with van der Waals surface area (Å²) in [6, 6.07) is 0. The standard InChI is InChI=1S/C9H16Si/c1-4-8-6-7-10(3)9(8)5-2/h6-7,10H,4-5H2,1-3H3. The van der Waals surface area contributed by atoms with Crippen LogP contribution in [0.3, 0.4) is 0 Å². The Kier molecular flexibility index (Phi) is 2.49. The molecule has 0 spiro atoms. The van der Waals surface area contributed by atoms with Crippen molar-refractivity contribution in [1.29, 1.82) is 0 Å². The average molecular weight is 152 g/mol. The molecule has 56 valence electrons. The molecule has 1 unspecified atom stereocenters. The lowest BCUT2D eigenvalue weighted by molar-refractivity contribution is 1.08. The second-order valence-corrected chi connectivity index (χ2v) is 5.56. The second kappa shape index (κ2) is 3.20. The predicted molar refractivity (Wildman–Crippen MR) is 49.8 cm³/mol. The van der Waals surface area contributed by atoms with Gasteiger partial charge in [0.05, 0.1) is 8.80 Å². The van der Waals surface area contributed by atoms with Crippen LogP contribution in [-0.2, 0) is 0 Å². The highest BCUT2D eigenvalue weighted by molar-refractivity contribution is 6.71. The van der Waals surface area contributed by atoms with E-state index in [1.807, 2.05) is 0 Å². The van der Waals surface area contributed by atoms with Gasteiger partial charge in [-0.25, -0.2) is 0 Å². The zero-order chi connectivity index (χ0) is 7.56. The summed E-state index contributed by atoms with van der Waals surface area (Å²) in [5.74, 6) is 0. The van der Waals surface area contributed by atoms with E-state index in [4.69, 9.17) is 0 Å². The van der Waals surface area contributed by atoms with Gasteiger partial charge in [-0.15, -0.1) is 0 Å². The van der Waals surface area contributed by atoms with Crippen LogP contribution in [0.25, 0.3) is 0 Å². The van der Waals surface area contributed by atoms with Crippen LogP contribution in [0, 0.1) is 0 Å². The molecule has 0 aromatic rings. The molecular weight excluding hydrogens is 136 g/mol. The second-order valence-electron chi connectivity index (χ2n) is 2.91. The highest BCUT2D eigenvalue weighted by Crippen LogP contribution is 2.22. The van der Waals surface area contributed by atoms with Crippen molar-refractivity contribution < 1.29 is 0 Å². The Morgan fingerprint density at radius 2 is 2.00 bits per heavy atom. The van der Waals surface area contributed by atoms with Gasteiger partial charge in [0.25, 0.3) is 0 Å². The Morgan fingerprint density at radius 1 is 1.30 bits per heavy atom. The molecule has 0 fully saturated rings. The quantitative estimate of drug-likeness (QED) is 0.534. The van der Waals surface area contributed by atoms with Crippen molar-refractivity contribution >= 4 is 8.80 Å². The summed E-state index contributed by atoms with van der Waals surface area (Å²) >= 11 is 0. The molecule has 1 aliphatic rings. The van der Waals surface area contributed by atoms with E-state index in [9.17, 15) is 0 Å². The molecule has 10 heavy (non-hydrogen) atoms. The molecule has 1 atom stereocenters. The molecule has 0 amide bonds. The van der Waals surface area contributed by atoms with E-state index in [-0.39, 0.29) is 0 Å². The maximum atomic E-state index is 2.44. The van der Waals surface area contributed by atoms with Crippen LogP contribution in [0.15, 0.2) is 22.5 Å². The SMILES string of the molecule is CCC1=C(CC)[SiH](C)C=C1. The molecule has 0 saturated carbocycles. The summed E-state index contributed by atoms with van der Waals surface area (Å²) in [6.07, 6.45) is 4.86.